The number of aryl methyl sites for hydroxylation is 1. The average Bonchev–Trinajstić information content (AvgIpc) is 2.83. The van der Waals surface area contributed by atoms with E-state index < -0.39 is 0 Å². The first-order chi connectivity index (χ1) is 8.84. The minimum atomic E-state index is 0.731. The van der Waals surface area contributed by atoms with Crippen LogP contribution in [0.5, 0.6) is 0 Å². The molecular formula is C15H11N3. The van der Waals surface area contributed by atoms with Crippen LogP contribution in [0.3, 0.4) is 0 Å². The van der Waals surface area contributed by atoms with Gasteiger partial charge in [-0.3, -0.25) is 0 Å². The summed E-state index contributed by atoms with van der Waals surface area (Å²) in [7, 11) is 1.90. The smallest absolute Gasteiger partial charge is 0.181 e. The molecule has 1 heterocycles. The quantitative estimate of drug-likeness (QED) is 0.681. The van der Waals surface area contributed by atoms with Crippen LogP contribution >= 0.6 is 0 Å². The standard InChI is InChI=1S/C15H11N3/c1-18-15(13-10-6-3-7-11-13)16-14(17-18)12-8-4-2-5-9-12/h4-11H,1H3. The Hall–Kier alpha value is -2.42. The summed E-state index contributed by atoms with van der Waals surface area (Å²) in [5, 5.41) is 4.44. The molecule has 3 aromatic rings. The molecule has 18 heavy (non-hydrogen) atoms. The van der Waals surface area contributed by atoms with Gasteiger partial charge in [-0.05, 0) is 12.1 Å². The molecule has 0 unspecified atom stereocenters. The van der Waals surface area contributed by atoms with E-state index in [9.17, 15) is 0 Å². The molecule has 0 bridgehead atoms. The number of aromatic nitrogens is 3. The van der Waals surface area contributed by atoms with Crippen LogP contribution in [0.15, 0.2) is 48.5 Å². The third kappa shape index (κ3) is 1.91. The Morgan fingerprint density at radius 3 is 2.06 bits per heavy atom. The van der Waals surface area contributed by atoms with E-state index in [0.717, 1.165) is 22.8 Å². The van der Waals surface area contributed by atoms with Gasteiger partial charge in [-0.15, -0.1) is 0 Å². The lowest BCUT2D eigenvalue weighted by Crippen LogP contribution is -1.93. The van der Waals surface area contributed by atoms with E-state index in [4.69, 9.17) is 0 Å². The van der Waals surface area contributed by atoms with Gasteiger partial charge in [0.25, 0.3) is 0 Å². The van der Waals surface area contributed by atoms with Crippen molar-refractivity contribution in [3.63, 3.8) is 0 Å². The fourth-order valence-electron chi connectivity index (χ4n) is 1.83. The highest BCUT2D eigenvalue weighted by Gasteiger charge is 2.10. The summed E-state index contributed by atoms with van der Waals surface area (Å²) in [6.07, 6.45) is 0. The van der Waals surface area contributed by atoms with E-state index >= 15 is 0 Å². The Morgan fingerprint density at radius 2 is 1.44 bits per heavy atom. The second kappa shape index (κ2) is 4.45. The first kappa shape index (κ1) is 10.7. The highest BCUT2D eigenvalue weighted by molar-refractivity contribution is 5.61. The van der Waals surface area contributed by atoms with Crippen LogP contribution in [0.25, 0.3) is 22.8 Å². The van der Waals surface area contributed by atoms with Crippen molar-refractivity contribution in [3.05, 3.63) is 60.7 Å². The molecule has 0 saturated heterocycles. The monoisotopic (exact) mass is 233 g/mol. The van der Waals surface area contributed by atoms with Gasteiger partial charge in [0, 0.05) is 18.2 Å². The van der Waals surface area contributed by atoms with E-state index in [-0.39, 0.29) is 0 Å². The molecule has 0 aliphatic heterocycles. The van der Waals surface area contributed by atoms with Crippen molar-refractivity contribution in [2.75, 3.05) is 0 Å². The van der Waals surface area contributed by atoms with Crippen LogP contribution in [-0.2, 0) is 7.05 Å². The minimum absolute atomic E-state index is 0.731. The number of rotatable bonds is 2. The van der Waals surface area contributed by atoms with Crippen molar-refractivity contribution in [2.45, 2.75) is 0 Å². The van der Waals surface area contributed by atoms with E-state index in [2.05, 4.69) is 22.2 Å². The molecule has 0 amide bonds. The van der Waals surface area contributed by atoms with Crippen molar-refractivity contribution in [1.82, 2.24) is 14.8 Å². The van der Waals surface area contributed by atoms with Gasteiger partial charge < -0.3 is 0 Å². The van der Waals surface area contributed by atoms with Crippen LogP contribution in [0, 0.1) is 12.1 Å². The van der Waals surface area contributed by atoms with E-state index in [1.165, 1.54) is 0 Å². The SMILES string of the molecule is Cn1nc(-c2cc[c]cc2)nc1-c1cc[c]cc1. The summed E-state index contributed by atoms with van der Waals surface area (Å²) in [5.41, 5.74) is 2.04. The Morgan fingerprint density at radius 1 is 0.889 bits per heavy atom. The van der Waals surface area contributed by atoms with Gasteiger partial charge in [0.05, 0.1) is 0 Å². The zero-order valence-electron chi connectivity index (χ0n) is 9.96. The average molecular weight is 233 g/mol. The highest BCUT2D eigenvalue weighted by atomic mass is 15.3. The Labute approximate surface area is 106 Å². The summed E-state index contributed by atoms with van der Waals surface area (Å²) < 4.78 is 1.79. The molecule has 0 aliphatic carbocycles. The van der Waals surface area contributed by atoms with E-state index in [0.29, 0.717) is 0 Å². The third-order valence-electron chi connectivity index (χ3n) is 2.72. The summed E-state index contributed by atoms with van der Waals surface area (Å²) in [6, 6.07) is 21.3. The van der Waals surface area contributed by atoms with Crippen molar-refractivity contribution in [1.29, 1.82) is 0 Å². The lowest BCUT2D eigenvalue weighted by molar-refractivity contribution is 0.777. The molecule has 86 valence electrons. The molecule has 1 aromatic heterocycles. The molecule has 2 aromatic carbocycles. The maximum atomic E-state index is 4.57. The predicted octanol–water partition coefficient (Wildman–Crippen LogP) is 2.75. The molecular weight excluding hydrogens is 222 g/mol. The van der Waals surface area contributed by atoms with Crippen molar-refractivity contribution < 1.29 is 0 Å². The van der Waals surface area contributed by atoms with Gasteiger partial charge in [-0.25, -0.2) is 9.67 Å². The topological polar surface area (TPSA) is 30.7 Å². The van der Waals surface area contributed by atoms with Crippen LogP contribution in [-0.4, -0.2) is 14.8 Å². The number of hydrogen-bond donors (Lipinski definition) is 0. The summed E-state index contributed by atoms with van der Waals surface area (Å²) in [5.74, 6) is 1.58. The van der Waals surface area contributed by atoms with Gasteiger partial charge >= 0.3 is 0 Å². The van der Waals surface area contributed by atoms with Gasteiger partial charge in [0.1, 0.15) is 0 Å². The van der Waals surface area contributed by atoms with E-state index in [1.54, 1.807) is 4.68 Å². The second-order valence-electron chi connectivity index (χ2n) is 3.96. The summed E-state index contributed by atoms with van der Waals surface area (Å²) >= 11 is 0. The molecule has 0 spiro atoms. The van der Waals surface area contributed by atoms with Gasteiger partial charge in [0.15, 0.2) is 11.6 Å². The maximum absolute atomic E-state index is 4.57. The number of benzene rings is 2. The first-order valence-electron chi connectivity index (χ1n) is 5.68. The molecule has 3 heteroatoms. The van der Waals surface area contributed by atoms with Crippen molar-refractivity contribution in [2.24, 2.45) is 7.05 Å². The first-order valence-corrected chi connectivity index (χ1v) is 5.68. The zero-order chi connectivity index (χ0) is 12.4. The summed E-state index contributed by atoms with van der Waals surface area (Å²) in [6.45, 7) is 0. The van der Waals surface area contributed by atoms with Crippen LogP contribution in [0.4, 0.5) is 0 Å². The molecule has 0 aliphatic rings. The number of hydrogen-bond acceptors (Lipinski definition) is 2. The summed E-state index contributed by atoms with van der Waals surface area (Å²) in [4.78, 5) is 4.57. The van der Waals surface area contributed by atoms with Crippen LogP contribution in [0.2, 0.25) is 0 Å². The van der Waals surface area contributed by atoms with Crippen molar-refractivity contribution >= 4 is 0 Å². The molecule has 0 fully saturated rings. The van der Waals surface area contributed by atoms with Crippen LogP contribution in [0.1, 0.15) is 0 Å². The fraction of sp³-hybridized carbons (Fsp3) is 0.0667. The fourth-order valence-corrected chi connectivity index (χ4v) is 1.83. The highest BCUT2D eigenvalue weighted by Crippen LogP contribution is 2.20. The molecule has 0 N–H and O–H groups in total. The molecule has 3 nitrogen and oxygen atoms in total. The van der Waals surface area contributed by atoms with Gasteiger partial charge in [0.2, 0.25) is 0 Å². The van der Waals surface area contributed by atoms with Crippen molar-refractivity contribution in [3.8, 4) is 22.8 Å². The molecule has 2 radical (unpaired) electrons. The minimum Gasteiger partial charge on any atom is -0.248 e. The zero-order valence-corrected chi connectivity index (χ0v) is 9.96. The van der Waals surface area contributed by atoms with Gasteiger partial charge in [-0.2, -0.15) is 5.10 Å². The Balaban J connectivity index is 2.07. The van der Waals surface area contributed by atoms with Gasteiger partial charge in [-0.1, -0.05) is 48.5 Å². The lowest BCUT2D eigenvalue weighted by Gasteiger charge is -1.97. The lowest BCUT2D eigenvalue weighted by atomic mass is 10.2. The maximum Gasteiger partial charge on any atom is 0.181 e. The predicted molar refractivity (Wildman–Crippen MR) is 69.5 cm³/mol. The Bertz CT molecular complexity index is 642. The molecule has 3 rings (SSSR count). The number of nitrogens with zero attached hydrogens (tertiary/aromatic N) is 3. The normalized spacial score (nSPS) is 10.5. The van der Waals surface area contributed by atoms with E-state index in [1.807, 2.05) is 55.6 Å². The third-order valence-corrected chi connectivity index (χ3v) is 2.72. The second-order valence-corrected chi connectivity index (χ2v) is 3.96. The molecule has 0 saturated carbocycles. The largest absolute Gasteiger partial charge is 0.248 e. The van der Waals surface area contributed by atoms with Crippen LogP contribution < -0.4 is 0 Å². The molecule has 0 atom stereocenters. The Kier molecular flexibility index (Phi) is 2.65.